The quantitative estimate of drug-likeness (QED) is 0.595. The van der Waals surface area contributed by atoms with Gasteiger partial charge < -0.3 is 0 Å². The Balaban J connectivity index is 2.91. The molecule has 2 nitrogen and oxygen atoms in total. The van der Waals surface area contributed by atoms with Crippen molar-refractivity contribution in [1.29, 1.82) is 0 Å². The molecule has 14 heavy (non-hydrogen) atoms. The average molecular weight is 213 g/mol. The normalized spacial score (nSPS) is 12.9. The number of hydrogen-bond acceptors (Lipinski definition) is 2. The van der Waals surface area contributed by atoms with Gasteiger partial charge in [-0.15, -0.1) is 0 Å². The number of nitrogens with two attached hydrogens (primary N) is 1. The summed E-state index contributed by atoms with van der Waals surface area (Å²) < 4.78 is 0. The third-order valence-electron chi connectivity index (χ3n) is 2.25. The molecule has 0 saturated carbocycles. The van der Waals surface area contributed by atoms with Crippen LogP contribution in [0.1, 0.15) is 36.9 Å². The van der Waals surface area contributed by atoms with Crippen LogP contribution in [0.3, 0.4) is 0 Å². The second kappa shape index (κ2) is 5.35. The third-order valence-corrected chi connectivity index (χ3v) is 2.46. The molecule has 0 spiro atoms. The van der Waals surface area contributed by atoms with Crippen LogP contribution in [0.2, 0.25) is 5.02 Å². The Kier molecular flexibility index (Phi) is 4.39. The van der Waals surface area contributed by atoms with E-state index in [0.29, 0.717) is 0 Å². The van der Waals surface area contributed by atoms with E-state index in [-0.39, 0.29) is 6.04 Å². The van der Waals surface area contributed by atoms with E-state index in [0.717, 1.165) is 17.9 Å². The largest absolute Gasteiger partial charge is 0.271 e. The maximum atomic E-state index is 5.98. The number of hydrazine groups is 1. The monoisotopic (exact) mass is 212 g/mol. The number of benzene rings is 1. The SMILES string of the molecule is CCCC(NN)c1cc(C)cc(Cl)c1. The Morgan fingerprint density at radius 1 is 1.43 bits per heavy atom. The van der Waals surface area contributed by atoms with Gasteiger partial charge in [0, 0.05) is 11.1 Å². The number of hydrogen-bond donors (Lipinski definition) is 2. The molecule has 1 unspecified atom stereocenters. The summed E-state index contributed by atoms with van der Waals surface area (Å²) in [6, 6.07) is 6.24. The summed E-state index contributed by atoms with van der Waals surface area (Å²) in [5.74, 6) is 5.50. The van der Waals surface area contributed by atoms with Crippen molar-refractivity contribution in [2.24, 2.45) is 5.84 Å². The lowest BCUT2D eigenvalue weighted by molar-refractivity contribution is 0.510. The zero-order chi connectivity index (χ0) is 10.6. The minimum atomic E-state index is 0.206. The van der Waals surface area contributed by atoms with Gasteiger partial charge in [-0.25, -0.2) is 0 Å². The summed E-state index contributed by atoms with van der Waals surface area (Å²) in [4.78, 5) is 0. The smallest absolute Gasteiger partial charge is 0.0460 e. The molecule has 3 N–H and O–H groups in total. The predicted molar refractivity (Wildman–Crippen MR) is 61.2 cm³/mol. The van der Waals surface area contributed by atoms with E-state index in [4.69, 9.17) is 17.4 Å². The lowest BCUT2D eigenvalue weighted by Gasteiger charge is -2.16. The second-order valence-corrected chi connectivity index (χ2v) is 4.01. The Labute approximate surface area is 90.4 Å². The van der Waals surface area contributed by atoms with Gasteiger partial charge in [0.25, 0.3) is 0 Å². The molecular formula is C11H17ClN2. The van der Waals surface area contributed by atoms with Crippen molar-refractivity contribution >= 4 is 11.6 Å². The van der Waals surface area contributed by atoms with E-state index < -0.39 is 0 Å². The summed E-state index contributed by atoms with van der Waals surface area (Å²) >= 11 is 5.98. The number of rotatable bonds is 4. The topological polar surface area (TPSA) is 38.0 Å². The molecule has 1 aromatic rings. The first kappa shape index (κ1) is 11.5. The zero-order valence-electron chi connectivity index (χ0n) is 8.68. The highest BCUT2D eigenvalue weighted by atomic mass is 35.5. The van der Waals surface area contributed by atoms with Crippen molar-refractivity contribution in [3.05, 3.63) is 34.3 Å². The van der Waals surface area contributed by atoms with E-state index in [2.05, 4.69) is 18.4 Å². The molecule has 0 radical (unpaired) electrons. The van der Waals surface area contributed by atoms with Gasteiger partial charge in [0.15, 0.2) is 0 Å². The van der Waals surface area contributed by atoms with Crippen molar-refractivity contribution in [3.8, 4) is 0 Å². The van der Waals surface area contributed by atoms with Gasteiger partial charge in [-0.2, -0.15) is 0 Å². The van der Waals surface area contributed by atoms with Crippen LogP contribution in [0.4, 0.5) is 0 Å². The fourth-order valence-corrected chi connectivity index (χ4v) is 1.90. The Morgan fingerprint density at radius 3 is 2.64 bits per heavy atom. The molecule has 0 aliphatic carbocycles. The van der Waals surface area contributed by atoms with E-state index in [1.807, 2.05) is 19.1 Å². The van der Waals surface area contributed by atoms with Gasteiger partial charge in [0.05, 0.1) is 0 Å². The fraction of sp³-hybridized carbons (Fsp3) is 0.455. The highest BCUT2D eigenvalue weighted by Gasteiger charge is 2.09. The molecule has 1 aromatic carbocycles. The summed E-state index contributed by atoms with van der Waals surface area (Å²) in [5.41, 5.74) is 5.15. The molecule has 0 bridgehead atoms. The molecule has 0 aromatic heterocycles. The van der Waals surface area contributed by atoms with Crippen LogP contribution in [-0.2, 0) is 0 Å². The van der Waals surface area contributed by atoms with Crippen LogP contribution in [0.15, 0.2) is 18.2 Å². The van der Waals surface area contributed by atoms with Gasteiger partial charge in [0.2, 0.25) is 0 Å². The number of halogens is 1. The van der Waals surface area contributed by atoms with Crippen LogP contribution in [0.25, 0.3) is 0 Å². The number of aryl methyl sites for hydroxylation is 1. The minimum Gasteiger partial charge on any atom is -0.271 e. The molecule has 3 heteroatoms. The Bertz CT molecular complexity index is 279. The highest BCUT2D eigenvalue weighted by Crippen LogP contribution is 2.22. The first-order valence-corrected chi connectivity index (χ1v) is 5.28. The summed E-state index contributed by atoms with van der Waals surface area (Å²) in [5, 5.41) is 0.774. The van der Waals surface area contributed by atoms with Crippen LogP contribution in [-0.4, -0.2) is 0 Å². The molecular weight excluding hydrogens is 196 g/mol. The van der Waals surface area contributed by atoms with Crippen molar-refractivity contribution in [3.63, 3.8) is 0 Å². The van der Waals surface area contributed by atoms with E-state index >= 15 is 0 Å². The van der Waals surface area contributed by atoms with Gasteiger partial charge in [0.1, 0.15) is 0 Å². The molecule has 0 saturated heterocycles. The average Bonchev–Trinajstić information content (AvgIpc) is 2.12. The van der Waals surface area contributed by atoms with Gasteiger partial charge in [-0.05, 0) is 36.6 Å². The lowest BCUT2D eigenvalue weighted by Crippen LogP contribution is -2.27. The fourth-order valence-electron chi connectivity index (χ4n) is 1.60. The lowest BCUT2D eigenvalue weighted by atomic mass is 10.0. The minimum absolute atomic E-state index is 0.206. The van der Waals surface area contributed by atoms with Gasteiger partial charge in [-0.3, -0.25) is 11.3 Å². The van der Waals surface area contributed by atoms with Crippen molar-refractivity contribution in [2.45, 2.75) is 32.7 Å². The van der Waals surface area contributed by atoms with Crippen molar-refractivity contribution in [2.75, 3.05) is 0 Å². The third kappa shape index (κ3) is 2.98. The van der Waals surface area contributed by atoms with Crippen LogP contribution >= 0.6 is 11.6 Å². The summed E-state index contributed by atoms with van der Waals surface area (Å²) in [6.45, 7) is 4.18. The standard InChI is InChI=1S/C11H17ClN2/c1-3-4-11(14-13)9-5-8(2)6-10(12)7-9/h5-7,11,14H,3-4,13H2,1-2H3. The first-order chi connectivity index (χ1) is 6.67. The van der Waals surface area contributed by atoms with Gasteiger partial charge >= 0.3 is 0 Å². The molecule has 0 heterocycles. The second-order valence-electron chi connectivity index (χ2n) is 3.57. The van der Waals surface area contributed by atoms with Crippen molar-refractivity contribution in [1.82, 2.24) is 5.43 Å². The van der Waals surface area contributed by atoms with E-state index in [1.165, 1.54) is 11.1 Å². The van der Waals surface area contributed by atoms with E-state index in [1.54, 1.807) is 0 Å². The Hall–Kier alpha value is -0.570. The van der Waals surface area contributed by atoms with Gasteiger partial charge in [-0.1, -0.05) is 31.0 Å². The van der Waals surface area contributed by atoms with Crippen molar-refractivity contribution < 1.29 is 0 Å². The molecule has 78 valence electrons. The maximum absolute atomic E-state index is 5.98. The molecule has 1 atom stereocenters. The molecule has 0 amide bonds. The molecule has 1 rings (SSSR count). The van der Waals surface area contributed by atoms with Crippen LogP contribution < -0.4 is 11.3 Å². The summed E-state index contributed by atoms with van der Waals surface area (Å²) in [6.07, 6.45) is 2.12. The van der Waals surface area contributed by atoms with Crippen LogP contribution in [0, 0.1) is 6.92 Å². The van der Waals surface area contributed by atoms with Crippen LogP contribution in [0.5, 0.6) is 0 Å². The zero-order valence-corrected chi connectivity index (χ0v) is 9.43. The predicted octanol–water partition coefficient (Wildman–Crippen LogP) is 2.95. The summed E-state index contributed by atoms with van der Waals surface area (Å²) in [7, 11) is 0. The first-order valence-electron chi connectivity index (χ1n) is 4.90. The molecule has 0 aliphatic heterocycles. The maximum Gasteiger partial charge on any atom is 0.0460 e. The van der Waals surface area contributed by atoms with E-state index in [9.17, 15) is 0 Å². The Morgan fingerprint density at radius 2 is 2.14 bits per heavy atom. The highest BCUT2D eigenvalue weighted by molar-refractivity contribution is 6.30. The number of nitrogens with one attached hydrogen (secondary N) is 1. The molecule has 0 fully saturated rings. The molecule has 0 aliphatic rings.